The number of nitrogen functional groups attached to an aromatic ring is 1. The Morgan fingerprint density at radius 1 is 0.950 bits per heavy atom. The minimum atomic E-state index is -0.359. The summed E-state index contributed by atoms with van der Waals surface area (Å²) in [5, 5.41) is 0. The molecule has 2 N–H and O–H groups in total. The summed E-state index contributed by atoms with van der Waals surface area (Å²) < 4.78 is 14.0. The zero-order valence-corrected chi connectivity index (χ0v) is 10.5. The highest BCUT2D eigenvalue weighted by Crippen LogP contribution is 2.30. The molecule has 0 aliphatic carbocycles. The van der Waals surface area contributed by atoms with E-state index in [0.29, 0.717) is 17.0 Å². The Morgan fingerprint density at radius 2 is 1.70 bits per heavy atom. The molecule has 0 aliphatic heterocycles. The van der Waals surface area contributed by atoms with Crippen molar-refractivity contribution < 1.29 is 4.39 Å². The van der Waals surface area contributed by atoms with Crippen LogP contribution in [0.1, 0.15) is 0 Å². The Kier molecular flexibility index (Phi) is 3.09. The first-order valence-corrected chi connectivity index (χ1v) is 6.03. The number of nitrogens with zero attached hydrogens (tertiary/aromatic N) is 3. The van der Waals surface area contributed by atoms with E-state index in [1.807, 2.05) is 0 Å². The molecular formula is C15H11FN4. The summed E-state index contributed by atoms with van der Waals surface area (Å²) in [7, 11) is 0. The number of hydrogen-bond acceptors (Lipinski definition) is 4. The normalized spacial score (nSPS) is 10.4. The molecule has 0 saturated carbocycles. The van der Waals surface area contributed by atoms with Crippen molar-refractivity contribution >= 4 is 5.82 Å². The van der Waals surface area contributed by atoms with Gasteiger partial charge < -0.3 is 5.73 Å². The molecule has 0 atom stereocenters. The van der Waals surface area contributed by atoms with Gasteiger partial charge in [-0.25, -0.2) is 9.37 Å². The van der Waals surface area contributed by atoms with Gasteiger partial charge >= 0.3 is 0 Å². The van der Waals surface area contributed by atoms with Crippen LogP contribution < -0.4 is 5.73 Å². The third-order valence-electron chi connectivity index (χ3n) is 2.87. The van der Waals surface area contributed by atoms with Crippen LogP contribution >= 0.6 is 0 Å². The Hall–Kier alpha value is -2.82. The standard InChI is InChI=1S/C15H11FN4/c16-12-4-2-1-3-11(12)15-14(19-9-13(17)20-15)10-5-7-18-8-6-10/h1-9H,(H2,17,20). The van der Waals surface area contributed by atoms with Crippen molar-refractivity contribution in [2.45, 2.75) is 0 Å². The first-order chi connectivity index (χ1) is 9.75. The molecule has 0 bridgehead atoms. The lowest BCUT2D eigenvalue weighted by Gasteiger charge is -2.09. The molecule has 0 radical (unpaired) electrons. The topological polar surface area (TPSA) is 64.7 Å². The smallest absolute Gasteiger partial charge is 0.142 e. The van der Waals surface area contributed by atoms with Gasteiger partial charge in [0.25, 0.3) is 0 Å². The quantitative estimate of drug-likeness (QED) is 0.774. The Bertz CT molecular complexity index is 744. The first-order valence-electron chi connectivity index (χ1n) is 6.03. The van der Waals surface area contributed by atoms with Crippen LogP contribution in [0.3, 0.4) is 0 Å². The molecule has 5 heteroatoms. The van der Waals surface area contributed by atoms with Gasteiger partial charge in [-0.2, -0.15) is 0 Å². The second-order valence-corrected chi connectivity index (χ2v) is 4.21. The molecule has 0 saturated heterocycles. The predicted octanol–water partition coefficient (Wildman–Crippen LogP) is 2.93. The SMILES string of the molecule is Nc1cnc(-c2ccncc2)c(-c2ccccc2F)n1. The van der Waals surface area contributed by atoms with E-state index in [1.54, 1.807) is 42.7 Å². The molecule has 2 heterocycles. The molecule has 0 unspecified atom stereocenters. The highest BCUT2D eigenvalue weighted by molar-refractivity contribution is 5.78. The summed E-state index contributed by atoms with van der Waals surface area (Å²) in [6.07, 6.45) is 4.76. The van der Waals surface area contributed by atoms with E-state index in [0.717, 1.165) is 5.56 Å². The zero-order valence-electron chi connectivity index (χ0n) is 10.5. The largest absolute Gasteiger partial charge is 0.382 e. The van der Waals surface area contributed by atoms with Crippen molar-refractivity contribution in [1.82, 2.24) is 15.0 Å². The van der Waals surface area contributed by atoms with Crippen LogP contribution in [0.15, 0.2) is 55.0 Å². The Morgan fingerprint density at radius 3 is 2.45 bits per heavy atom. The number of nitrogens with two attached hydrogens (primary N) is 1. The fourth-order valence-corrected chi connectivity index (χ4v) is 1.96. The van der Waals surface area contributed by atoms with Crippen molar-refractivity contribution in [3.8, 4) is 22.5 Å². The molecule has 98 valence electrons. The monoisotopic (exact) mass is 266 g/mol. The maximum atomic E-state index is 14.0. The fraction of sp³-hybridized carbons (Fsp3) is 0. The van der Waals surface area contributed by atoms with Gasteiger partial charge in [-0.15, -0.1) is 0 Å². The third-order valence-corrected chi connectivity index (χ3v) is 2.87. The van der Waals surface area contributed by atoms with Gasteiger partial charge in [-0.05, 0) is 24.3 Å². The van der Waals surface area contributed by atoms with Crippen LogP contribution in [0.4, 0.5) is 10.2 Å². The third kappa shape index (κ3) is 2.21. The molecule has 20 heavy (non-hydrogen) atoms. The fourth-order valence-electron chi connectivity index (χ4n) is 1.96. The molecule has 0 aliphatic rings. The molecule has 4 nitrogen and oxygen atoms in total. The second-order valence-electron chi connectivity index (χ2n) is 4.21. The summed E-state index contributed by atoms with van der Waals surface area (Å²) in [5.41, 5.74) is 7.87. The summed E-state index contributed by atoms with van der Waals surface area (Å²) in [6, 6.07) is 10.0. The summed E-state index contributed by atoms with van der Waals surface area (Å²) in [5.74, 6) is -0.108. The molecule has 3 aromatic rings. The summed E-state index contributed by atoms with van der Waals surface area (Å²) in [4.78, 5) is 12.5. The predicted molar refractivity (Wildman–Crippen MR) is 75.1 cm³/mol. The van der Waals surface area contributed by atoms with Crippen LogP contribution in [-0.4, -0.2) is 15.0 Å². The van der Waals surface area contributed by atoms with Crippen molar-refractivity contribution in [2.24, 2.45) is 0 Å². The lowest BCUT2D eigenvalue weighted by Crippen LogP contribution is -1.99. The van der Waals surface area contributed by atoms with Gasteiger partial charge in [0.2, 0.25) is 0 Å². The number of aromatic nitrogens is 3. The Balaban J connectivity index is 2.25. The maximum Gasteiger partial charge on any atom is 0.142 e. The van der Waals surface area contributed by atoms with Gasteiger partial charge in [0, 0.05) is 23.5 Å². The number of benzene rings is 1. The van der Waals surface area contributed by atoms with E-state index in [-0.39, 0.29) is 11.6 Å². The molecule has 3 rings (SSSR count). The second kappa shape index (κ2) is 5.05. The Labute approximate surface area is 115 Å². The molecule has 2 aromatic heterocycles. The number of rotatable bonds is 2. The van der Waals surface area contributed by atoms with E-state index >= 15 is 0 Å². The van der Waals surface area contributed by atoms with Gasteiger partial charge in [-0.3, -0.25) is 9.97 Å². The van der Waals surface area contributed by atoms with Gasteiger partial charge in [0.1, 0.15) is 17.3 Å². The number of anilines is 1. The van der Waals surface area contributed by atoms with Crippen molar-refractivity contribution in [2.75, 3.05) is 5.73 Å². The van der Waals surface area contributed by atoms with E-state index in [2.05, 4.69) is 15.0 Å². The van der Waals surface area contributed by atoms with Crippen LogP contribution in [0.25, 0.3) is 22.5 Å². The minimum absolute atomic E-state index is 0.251. The van der Waals surface area contributed by atoms with Crippen LogP contribution in [0.2, 0.25) is 0 Å². The number of hydrogen-bond donors (Lipinski definition) is 1. The lowest BCUT2D eigenvalue weighted by molar-refractivity contribution is 0.630. The zero-order chi connectivity index (χ0) is 13.9. The average molecular weight is 266 g/mol. The van der Waals surface area contributed by atoms with Gasteiger partial charge in [0.15, 0.2) is 0 Å². The van der Waals surface area contributed by atoms with Crippen LogP contribution in [-0.2, 0) is 0 Å². The van der Waals surface area contributed by atoms with E-state index in [9.17, 15) is 4.39 Å². The minimum Gasteiger partial charge on any atom is -0.382 e. The molecule has 0 fully saturated rings. The average Bonchev–Trinajstić information content (AvgIpc) is 2.48. The van der Waals surface area contributed by atoms with Crippen molar-refractivity contribution in [1.29, 1.82) is 0 Å². The molecular weight excluding hydrogens is 255 g/mol. The van der Waals surface area contributed by atoms with E-state index in [4.69, 9.17) is 5.73 Å². The van der Waals surface area contributed by atoms with Crippen molar-refractivity contribution in [3.05, 3.63) is 60.8 Å². The van der Waals surface area contributed by atoms with Crippen LogP contribution in [0.5, 0.6) is 0 Å². The number of halogens is 1. The van der Waals surface area contributed by atoms with E-state index in [1.165, 1.54) is 12.3 Å². The van der Waals surface area contributed by atoms with Crippen LogP contribution in [0, 0.1) is 5.82 Å². The molecule has 0 spiro atoms. The molecule has 1 aromatic carbocycles. The van der Waals surface area contributed by atoms with Gasteiger partial charge in [0.05, 0.1) is 11.9 Å². The lowest BCUT2D eigenvalue weighted by atomic mass is 10.0. The van der Waals surface area contributed by atoms with E-state index < -0.39 is 0 Å². The highest BCUT2D eigenvalue weighted by atomic mass is 19.1. The first kappa shape index (κ1) is 12.2. The summed E-state index contributed by atoms with van der Waals surface area (Å²) in [6.45, 7) is 0. The summed E-state index contributed by atoms with van der Waals surface area (Å²) >= 11 is 0. The number of pyridine rings is 1. The van der Waals surface area contributed by atoms with Gasteiger partial charge in [-0.1, -0.05) is 12.1 Å². The van der Waals surface area contributed by atoms with Crippen molar-refractivity contribution in [3.63, 3.8) is 0 Å². The maximum absolute atomic E-state index is 14.0. The highest BCUT2D eigenvalue weighted by Gasteiger charge is 2.14. The molecule has 0 amide bonds.